The molecule has 0 aliphatic carbocycles. The van der Waals surface area contributed by atoms with Gasteiger partial charge in [-0.1, -0.05) is 30.3 Å². The molecular weight excluding hydrogens is 394 g/mol. The van der Waals surface area contributed by atoms with Crippen LogP contribution in [0, 0.1) is 5.92 Å². The lowest BCUT2D eigenvalue weighted by Gasteiger charge is -2.32. The van der Waals surface area contributed by atoms with Crippen molar-refractivity contribution < 1.29 is 9.59 Å². The largest absolute Gasteiger partial charge is 0.353 e. The standard InChI is InChI=1S/C24H29N3O2S/c1-17(8-9-18-6-4-3-5-7-18)25-23(28)19-10-13-27(14-11-19)24(29)21-16-22-20(26(21)2)12-15-30-22/h3-7,12,15-17,19H,8-11,13-14H2,1-2H3,(H,25,28)/t17-/m1/s1. The van der Waals surface area contributed by atoms with E-state index in [1.807, 2.05) is 52.2 Å². The maximum Gasteiger partial charge on any atom is 0.270 e. The van der Waals surface area contributed by atoms with Crippen molar-refractivity contribution in [2.75, 3.05) is 13.1 Å². The quantitative estimate of drug-likeness (QED) is 0.645. The summed E-state index contributed by atoms with van der Waals surface area (Å²) in [6.07, 6.45) is 3.34. The lowest BCUT2D eigenvalue weighted by Crippen LogP contribution is -2.45. The van der Waals surface area contributed by atoms with Crippen LogP contribution in [-0.2, 0) is 18.3 Å². The van der Waals surface area contributed by atoms with Crippen molar-refractivity contribution in [3.05, 3.63) is 59.1 Å². The van der Waals surface area contributed by atoms with E-state index in [1.165, 1.54) is 5.56 Å². The predicted molar refractivity (Wildman–Crippen MR) is 122 cm³/mol. The minimum absolute atomic E-state index is 0.00914. The van der Waals surface area contributed by atoms with Gasteiger partial charge in [0.05, 0.1) is 10.2 Å². The third-order valence-corrected chi connectivity index (χ3v) is 6.99. The van der Waals surface area contributed by atoms with Crippen molar-refractivity contribution in [2.45, 2.75) is 38.6 Å². The van der Waals surface area contributed by atoms with Crippen LogP contribution in [0.15, 0.2) is 47.8 Å². The van der Waals surface area contributed by atoms with E-state index >= 15 is 0 Å². The van der Waals surface area contributed by atoms with E-state index in [1.54, 1.807) is 11.3 Å². The number of benzene rings is 1. The van der Waals surface area contributed by atoms with Crippen LogP contribution in [0.4, 0.5) is 0 Å². The van der Waals surface area contributed by atoms with Crippen molar-refractivity contribution in [3.63, 3.8) is 0 Å². The van der Waals surface area contributed by atoms with Gasteiger partial charge in [0.25, 0.3) is 5.91 Å². The highest BCUT2D eigenvalue weighted by molar-refractivity contribution is 7.17. The van der Waals surface area contributed by atoms with Crippen molar-refractivity contribution in [2.24, 2.45) is 13.0 Å². The van der Waals surface area contributed by atoms with Gasteiger partial charge in [0.1, 0.15) is 5.69 Å². The smallest absolute Gasteiger partial charge is 0.270 e. The average molecular weight is 424 g/mol. The number of thiophene rings is 1. The minimum Gasteiger partial charge on any atom is -0.353 e. The first-order valence-electron chi connectivity index (χ1n) is 10.7. The van der Waals surface area contributed by atoms with E-state index in [0.29, 0.717) is 13.1 Å². The summed E-state index contributed by atoms with van der Waals surface area (Å²) < 4.78 is 3.11. The van der Waals surface area contributed by atoms with Crippen LogP contribution in [0.5, 0.6) is 0 Å². The van der Waals surface area contributed by atoms with Gasteiger partial charge in [-0.15, -0.1) is 11.3 Å². The molecular formula is C24H29N3O2S. The van der Waals surface area contributed by atoms with Gasteiger partial charge in [0, 0.05) is 32.1 Å². The number of aryl methyl sites for hydroxylation is 2. The minimum atomic E-state index is -0.00914. The first-order valence-corrected chi connectivity index (χ1v) is 11.6. The second-order valence-corrected chi connectivity index (χ2v) is 9.21. The molecule has 1 N–H and O–H groups in total. The molecule has 3 heterocycles. The number of nitrogens with zero attached hydrogens (tertiary/aromatic N) is 2. The van der Waals surface area contributed by atoms with E-state index in [9.17, 15) is 9.59 Å². The number of carbonyl (C=O) groups is 2. The van der Waals surface area contributed by atoms with Crippen LogP contribution in [0.2, 0.25) is 0 Å². The Morgan fingerprint density at radius 2 is 1.90 bits per heavy atom. The Balaban J connectivity index is 1.26. The molecule has 0 unspecified atom stereocenters. The second-order valence-electron chi connectivity index (χ2n) is 8.26. The third kappa shape index (κ3) is 4.43. The van der Waals surface area contributed by atoms with Crippen LogP contribution < -0.4 is 5.32 Å². The van der Waals surface area contributed by atoms with Crippen LogP contribution in [0.25, 0.3) is 10.2 Å². The molecule has 0 saturated carbocycles. The zero-order chi connectivity index (χ0) is 21.1. The van der Waals surface area contributed by atoms with Crippen LogP contribution in [0.1, 0.15) is 42.2 Å². The molecule has 1 aliphatic rings. The molecule has 0 radical (unpaired) electrons. The number of aromatic nitrogens is 1. The summed E-state index contributed by atoms with van der Waals surface area (Å²) in [4.78, 5) is 27.5. The molecule has 0 spiro atoms. The highest BCUT2D eigenvalue weighted by Gasteiger charge is 2.29. The number of likely N-dealkylation sites (tertiary alicyclic amines) is 1. The fourth-order valence-corrected chi connectivity index (χ4v) is 5.07. The number of rotatable bonds is 6. The van der Waals surface area contributed by atoms with Gasteiger partial charge >= 0.3 is 0 Å². The number of nitrogens with one attached hydrogen (secondary N) is 1. The van der Waals surface area contributed by atoms with Crippen molar-refractivity contribution >= 4 is 33.4 Å². The van der Waals surface area contributed by atoms with Gasteiger partial charge in [-0.05, 0) is 55.7 Å². The molecule has 5 nitrogen and oxygen atoms in total. The monoisotopic (exact) mass is 423 g/mol. The molecule has 2 amide bonds. The van der Waals surface area contributed by atoms with Crippen LogP contribution >= 0.6 is 11.3 Å². The molecule has 0 bridgehead atoms. The second kappa shape index (κ2) is 9.04. The van der Waals surface area contributed by atoms with Gasteiger partial charge in [-0.2, -0.15) is 0 Å². The summed E-state index contributed by atoms with van der Waals surface area (Å²) in [5, 5.41) is 5.22. The maximum absolute atomic E-state index is 13.0. The molecule has 1 saturated heterocycles. The van der Waals surface area contributed by atoms with Crippen molar-refractivity contribution in [1.29, 1.82) is 0 Å². The van der Waals surface area contributed by atoms with Crippen LogP contribution in [-0.4, -0.2) is 40.4 Å². The summed E-state index contributed by atoms with van der Waals surface area (Å²) in [6, 6.07) is 14.5. The number of piperidine rings is 1. The molecule has 2 aromatic heterocycles. The zero-order valence-electron chi connectivity index (χ0n) is 17.6. The Kier molecular flexibility index (Phi) is 6.23. The Morgan fingerprint density at radius 1 is 1.17 bits per heavy atom. The summed E-state index contributed by atoms with van der Waals surface area (Å²) >= 11 is 1.65. The van der Waals surface area contributed by atoms with Crippen molar-refractivity contribution in [3.8, 4) is 0 Å². The Morgan fingerprint density at radius 3 is 2.60 bits per heavy atom. The molecule has 1 fully saturated rings. The molecule has 30 heavy (non-hydrogen) atoms. The first kappa shape index (κ1) is 20.7. The fourth-order valence-electron chi connectivity index (χ4n) is 4.22. The summed E-state index contributed by atoms with van der Waals surface area (Å²) in [6.45, 7) is 3.34. The zero-order valence-corrected chi connectivity index (χ0v) is 18.5. The maximum atomic E-state index is 13.0. The van der Waals surface area contributed by atoms with Crippen LogP contribution in [0.3, 0.4) is 0 Å². The lowest BCUT2D eigenvalue weighted by atomic mass is 9.95. The molecule has 6 heteroatoms. The van der Waals surface area contributed by atoms with E-state index in [4.69, 9.17) is 0 Å². The third-order valence-electron chi connectivity index (χ3n) is 6.13. The Bertz CT molecular complexity index is 1020. The van der Waals surface area contributed by atoms with E-state index in [0.717, 1.165) is 41.6 Å². The Labute approximate surface area is 181 Å². The topological polar surface area (TPSA) is 54.3 Å². The fraction of sp³-hybridized carbons (Fsp3) is 0.417. The van der Waals surface area contributed by atoms with Crippen molar-refractivity contribution in [1.82, 2.24) is 14.8 Å². The van der Waals surface area contributed by atoms with Gasteiger partial charge < -0.3 is 14.8 Å². The number of hydrogen-bond acceptors (Lipinski definition) is 3. The number of hydrogen-bond donors (Lipinski definition) is 1. The van der Waals surface area contributed by atoms with Gasteiger partial charge in [0.15, 0.2) is 0 Å². The summed E-state index contributed by atoms with van der Waals surface area (Å²) in [5.41, 5.74) is 3.13. The van der Waals surface area contributed by atoms with Gasteiger partial charge in [-0.3, -0.25) is 9.59 Å². The normalized spacial score (nSPS) is 16.0. The lowest BCUT2D eigenvalue weighted by molar-refractivity contribution is -0.126. The van der Waals surface area contributed by atoms with Gasteiger partial charge in [0.2, 0.25) is 5.91 Å². The molecule has 1 aliphatic heterocycles. The highest BCUT2D eigenvalue weighted by Crippen LogP contribution is 2.26. The molecule has 4 rings (SSSR count). The molecule has 3 aromatic rings. The number of carbonyl (C=O) groups excluding carboxylic acids is 2. The first-order chi connectivity index (χ1) is 14.5. The highest BCUT2D eigenvalue weighted by atomic mass is 32.1. The van der Waals surface area contributed by atoms with E-state index in [-0.39, 0.29) is 23.8 Å². The molecule has 1 aromatic carbocycles. The average Bonchev–Trinajstić information content (AvgIpc) is 3.35. The van der Waals surface area contributed by atoms with Gasteiger partial charge in [-0.25, -0.2) is 0 Å². The SMILES string of the molecule is C[C@H](CCc1ccccc1)NC(=O)C1CCN(C(=O)c2cc3sccc3n2C)CC1. The van der Waals surface area contributed by atoms with E-state index in [2.05, 4.69) is 24.4 Å². The molecule has 1 atom stereocenters. The number of fused-ring (bicyclic) bond motifs is 1. The summed E-state index contributed by atoms with van der Waals surface area (Å²) in [5.74, 6) is 0.183. The molecule has 158 valence electrons. The summed E-state index contributed by atoms with van der Waals surface area (Å²) in [7, 11) is 1.94. The number of amides is 2. The van der Waals surface area contributed by atoms with E-state index < -0.39 is 0 Å². The predicted octanol–water partition coefficient (Wildman–Crippen LogP) is 4.23. The Hall–Kier alpha value is -2.60.